The quantitative estimate of drug-likeness (QED) is 0.647. The lowest BCUT2D eigenvalue weighted by Crippen LogP contribution is -1.97. The number of aromatic nitrogens is 2. The van der Waals surface area contributed by atoms with Crippen molar-refractivity contribution in [2.75, 3.05) is 17.7 Å². The Morgan fingerprint density at radius 2 is 2.05 bits per heavy atom. The van der Waals surface area contributed by atoms with E-state index in [2.05, 4.69) is 15.7 Å². The molecular weight excluding hydrogens is 258 g/mol. The molecule has 0 spiro atoms. The molecule has 0 amide bonds. The smallest absolute Gasteiger partial charge is 0.273 e. The summed E-state index contributed by atoms with van der Waals surface area (Å²) in [6.45, 7) is 2.01. The second-order valence-electron chi connectivity index (χ2n) is 4.42. The average Bonchev–Trinajstić information content (AvgIpc) is 2.78. The van der Waals surface area contributed by atoms with E-state index in [-0.39, 0.29) is 5.69 Å². The van der Waals surface area contributed by atoms with Crippen molar-refractivity contribution in [3.63, 3.8) is 0 Å². The molecule has 1 heterocycles. The monoisotopic (exact) mass is 275 g/mol. The van der Waals surface area contributed by atoms with Gasteiger partial charge in [-0.2, -0.15) is 5.10 Å². The molecule has 0 atom stereocenters. The van der Waals surface area contributed by atoms with Crippen molar-refractivity contribution in [1.82, 2.24) is 9.78 Å². The predicted molar refractivity (Wildman–Crippen MR) is 78.5 cm³/mol. The van der Waals surface area contributed by atoms with Gasteiger partial charge < -0.3 is 10.6 Å². The molecule has 2 rings (SSSR count). The summed E-state index contributed by atoms with van der Waals surface area (Å²) in [6, 6.07) is 4.82. The van der Waals surface area contributed by atoms with Crippen molar-refractivity contribution < 1.29 is 4.92 Å². The van der Waals surface area contributed by atoms with Crippen molar-refractivity contribution in [3.8, 4) is 0 Å². The molecule has 0 aliphatic heterocycles. The fraction of sp³-hybridized carbons (Fsp3) is 0.308. The third-order valence-electron chi connectivity index (χ3n) is 2.94. The minimum absolute atomic E-state index is 0.0429. The Labute approximate surface area is 116 Å². The highest BCUT2D eigenvalue weighted by atomic mass is 16.6. The summed E-state index contributed by atoms with van der Waals surface area (Å²) in [6.07, 6.45) is 2.65. The van der Waals surface area contributed by atoms with Gasteiger partial charge in [-0.1, -0.05) is 6.92 Å². The largest absolute Gasteiger partial charge is 0.388 e. The normalized spacial score (nSPS) is 10.3. The van der Waals surface area contributed by atoms with Crippen molar-refractivity contribution in [1.29, 1.82) is 0 Å². The summed E-state index contributed by atoms with van der Waals surface area (Å²) < 4.78 is 1.72. The number of nitro groups is 1. The molecular formula is C13H17N5O2. The van der Waals surface area contributed by atoms with Crippen LogP contribution in [0.2, 0.25) is 0 Å². The van der Waals surface area contributed by atoms with Crippen LogP contribution in [0.1, 0.15) is 12.6 Å². The highest BCUT2D eigenvalue weighted by molar-refractivity contribution is 5.69. The van der Waals surface area contributed by atoms with Crippen LogP contribution in [-0.4, -0.2) is 21.8 Å². The van der Waals surface area contributed by atoms with Gasteiger partial charge in [0.05, 0.1) is 16.3 Å². The SMILES string of the molecule is CCc1nn(C)cc1Nc1cc(NC)cc([N+](=O)[O-])c1. The minimum atomic E-state index is -0.407. The first-order valence-corrected chi connectivity index (χ1v) is 6.30. The van der Waals surface area contributed by atoms with Crippen molar-refractivity contribution in [2.24, 2.45) is 7.05 Å². The molecule has 0 saturated carbocycles. The Bertz CT molecular complexity index is 636. The van der Waals surface area contributed by atoms with E-state index in [1.165, 1.54) is 12.1 Å². The Balaban J connectivity index is 2.37. The van der Waals surface area contributed by atoms with E-state index in [1.807, 2.05) is 26.2 Å². The van der Waals surface area contributed by atoms with Crippen LogP contribution in [0.4, 0.5) is 22.7 Å². The summed E-state index contributed by atoms with van der Waals surface area (Å²) >= 11 is 0. The molecule has 7 nitrogen and oxygen atoms in total. The van der Waals surface area contributed by atoms with Crippen LogP contribution in [0.25, 0.3) is 0 Å². The highest BCUT2D eigenvalue weighted by Crippen LogP contribution is 2.27. The fourth-order valence-electron chi connectivity index (χ4n) is 1.99. The highest BCUT2D eigenvalue weighted by Gasteiger charge is 2.11. The van der Waals surface area contributed by atoms with E-state index in [1.54, 1.807) is 11.7 Å². The molecule has 7 heteroatoms. The number of hydrogen-bond acceptors (Lipinski definition) is 5. The first kappa shape index (κ1) is 13.9. The zero-order valence-corrected chi connectivity index (χ0v) is 11.7. The Morgan fingerprint density at radius 1 is 1.35 bits per heavy atom. The van der Waals surface area contributed by atoms with Crippen LogP contribution in [-0.2, 0) is 13.5 Å². The maximum Gasteiger partial charge on any atom is 0.273 e. The maximum atomic E-state index is 10.9. The van der Waals surface area contributed by atoms with Crippen LogP contribution >= 0.6 is 0 Å². The van der Waals surface area contributed by atoms with Gasteiger partial charge in [-0.05, 0) is 12.5 Å². The summed E-state index contributed by atoms with van der Waals surface area (Å²) in [5, 5.41) is 21.4. The number of nitrogens with zero attached hydrogens (tertiary/aromatic N) is 3. The molecule has 0 radical (unpaired) electrons. The topological polar surface area (TPSA) is 85.0 Å². The van der Waals surface area contributed by atoms with Gasteiger partial charge in [-0.3, -0.25) is 14.8 Å². The van der Waals surface area contributed by atoms with Gasteiger partial charge >= 0.3 is 0 Å². The van der Waals surface area contributed by atoms with Crippen LogP contribution in [0.15, 0.2) is 24.4 Å². The maximum absolute atomic E-state index is 10.9. The molecule has 2 N–H and O–H groups in total. The fourth-order valence-corrected chi connectivity index (χ4v) is 1.99. The third-order valence-corrected chi connectivity index (χ3v) is 2.94. The van der Waals surface area contributed by atoms with E-state index >= 15 is 0 Å². The molecule has 1 aromatic heterocycles. The van der Waals surface area contributed by atoms with Gasteiger partial charge in [-0.25, -0.2) is 0 Å². The van der Waals surface area contributed by atoms with Crippen LogP contribution < -0.4 is 10.6 Å². The number of anilines is 3. The summed E-state index contributed by atoms with van der Waals surface area (Å²) in [5.74, 6) is 0. The molecule has 0 unspecified atom stereocenters. The number of aryl methyl sites for hydroxylation is 2. The van der Waals surface area contributed by atoms with Gasteiger partial charge in [0.2, 0.25) is 0 Å². The standard InChI is InChI=1S/C13H17N5O2/c1-4-12-13(8-17(3)16-12)15-10-5-9(14-2)6-11(7-10)18(19)20/h5-8,14-15H,4H2,1-3H3. The Morgan fingerprint density at radius 3 is 2.65 bits per heavy atom. The number of benzene rings is 1. The lowest BCUT2D eigenvalue weighted by molar-refractivity contribution is -0.384. The van der Waals surface area contributed by atoms with Gasteiger partial charge in [0.1, 0.15) is 0 Å². The molecule has 1 aromatic carbocycles. The van der Waals surface area contributed by atoms with Crippen molar-refractivity contribution >= 4 is 22.7 Å². The average molecular weight is 275 g/mol. The molecule has 0 bridgehead atoms. The Kier molecular flexibility index (Phi) is 3.88. The first-order valence-electron chi connectivity index (χ1n) is 6.30. The number of nitro benzene ring substituents is 1. The first-order chi connectivity index (χ1) is 9.53. The molecule has 20 heavy (non-hydrogen) atoms. The zero-order chi connectivity index (χ0) is 14.7. The minimum Gasteiger partial charge on any atom is -0.388 e. The van der Waals surface area contributed by atoms with Gasteiger partial charge in [0.25, 0.3) is 5.69 Å². The van der Waals surface area contributed by atoms with Crippen LogP contribution in [0, 0.1) is 10.1 Å². The third kappa shape index (κ3) is 2.87. The van der Waals surface area contributed by atoms with Crippen LogP contribution in [0.3, 0.4) is 0 Å². The molecule has 0 aliphatic carbocycles. The number of hydrogen-bond donors (Lipinski definition) is 2. The number of rotatable bonds is 5. The second kappa shape index (κ2) is 5.60. The second-order valence-corrected chi connectivity index (χ2v) is 4.42. The molecule has 0 aliphatic rings. The number of nitrogens with one attached hydrogen (secondary N) is 2. The van der Waals surface area contributed by atoms with Gasteiger partial charge in [0, 0.05) is 43.8 Å². The zero-order valence-electron chi connectivity index (χ0n) is 11.7. The number of non-ortho nitro benzene ring substituents is 1. The van der Waals surface area contributed by atoms with E-state index < -0.39 is 4.92 Å². The Hall–Kier alpha value is -2.57. The molecule has 0 saturated heterocycles. The van der Waals surface area contributed by atoms with Crippen LogP contribution in [0.5, 0.6) is 0 Å². The predicted octanol–water partition coefficient (Wildman–Crippen LogP) is 2.68. The lowest BCUT2D eigenvalue weighted by atomic mass is 10.2. The molecule has 2 aromatic rings. The van der Waals surface area contributed by atoms with E-state index in [4.69, 9.17) is 0 Å². The molecule has 106 valence electrons. The summed E-state index contributed by atoms with van der Waals surface area (Å²) in [4.78, 5) is 10.5. The summed E-state index contributed by atoms with van der Waals surface area (Å²) in [5.41, 5.74) is 3.17. The van der Waals surface area contributed by atoms with Crippen molar-refractivity contribution in [2.45, 2.75) is 13.3 Å². The van der Waals surface area contributed by atoms with E-state index in [9.17, 15) is 10.1 Å². The van der Waals surface area contributed by atoms with E-state index in [0.717, 1.165) is 17.8 Å². The lowest BCUT2D eigenvalue weighted by Gasteiger charge is -2.08. The van der Waals surface area contributed by atoms with Crippen molar-refractivity contribution in [3.05, 3.63) is 40.2 Å². The van der Waals surface area contributed by atoms with Gasteiger partial charge in [-0.15, -0.1) is 0 Å². The van der Waals surface area contributed by atoms with E-state index in [0.29, 0.717) is 11.4 Å². The summed E-state index contributed by atoms with van der Waals surface area (Å²) in [7, 11) is 3.57. The van der Waals surface area contributed by atoms with Gasteiger partial charge in [0.15, 0.2) is 0 Å². The molecule has 0 fully saturated rings.